The molecule has 0 unspecified atom stereocenters. The molecule has 1 aromatic heterocycles. The molecule has 0 aliphatic carbocycles. The summed E-state index contributed by atoms with van der Waals surface area (Å²) in [5.41, 5.74) is -0.332. The van der Waals surface area contributed by atoms with Crippen LogP contribution in [0, 0.1) is 0 Å². The van der Waals surface area contributed by atoms with Gasteiger partial charge >= 0.3 is 136 Å². The Hall–Kier alpha value is -2.63. The summed E-state index contributed by atoms with van der Waals surface area (Å²) in [4.78, 5) is 12.3. The SMILES string of the molecule is COc1c(O)cc2oc([Se]c3ccc(O)cc3)cc(=O)c2c1O. The van der Waals surface area contributed by atoms with E-state index in [1.807, 2.05) is 0 Å². The van der Waals surface area contributed by atoms with Crippen molar-refractivity contribution in [3.63, 3.8) is 0 Å². The molecule has 0 atom stereocenters. The molecular weight excluding hydrogens is 367 g/mol. The Morgan fingerprint density at radius 1 is 1.09 bits per heavy atom. The van der Waals surface area contributed by atoms with E-state index >= 15 is 0 Å². The summed E-state index contributed by atoms with van der Waals surface area (Å²) in [7, 11) is 1.28. The fraction of sp³-hybridized carbons (Fsp3) is 0.0625. The predicted molar refractivity (Wildman–Crippen MR) is 85.5 cm³/mol. The predicted octanol–water partition coefficient (Wildman–Crippen LogP) is 0.573. The van der Waals surface area contributed by atoms with Crippen molar-refractivity contribution >= 4 is 35.0 Å². The van der Waals surface area contributed by atoms with Gasteiger partial charge in [0.05, 0.1) is 0 Å². The second kappa shape index (κ2) is 5.87. The third kappa shape index (κ3) is 2.84. The van der Waals surface area contributed by atoms with Gasteiger partial charge in [-0.05, 0) is 0 Å². The van der Waals surface area contributed by atoms with E-state index in [9.17, 15) is 20.1 Å². The number of hydrogen-bond acceptors (Lipinski definition) is 6. The van der Waals surface area contributed by atoms with Gasteiger partial charge in [0.15, 0.2) is 0 Å². The Kier molecular flexibility index (Phi) is 3.90. The molecule has 0 bridgehead atoms. The molecule has 6 nitrogen and oxygen atoms in total. The van der Waals surface area contributed by atoms with E-state index in [4.69, 9.17) is 9.15 Å². The number of ether oxygens (including phenoxy) is 1. The maximum absolute atomic E-state index is 12.3. The summed E-state index contributed by atoms with van der Waals surface area (Å²) in [5, 5.41) is 29.1. The Labute approximate surface area is 136 Å². The summed E-state index contributed by atoms with van der Waals surface area (Å²) in [6.45, 7) is 0. The first kappa shape index (κ1) is 15.3. The minimum atomic E-state index is -0.445. The van der Waals surface area contributed by atoms with Gasteiger partial charge < -0.3 is 0 Å². The number of aromatic hydroxyl groups is 3. The first-order chi connectivity index (χ1) is 11.0. The van der Waals surface area contributed by atoms with Gasteiger partial charge in [-0.1, -0.05) is 0 Å². The molecule has 0 fully saturated rings. The van der Waals surface area contributed by atoms with Crippen molar-refractivity contribution in [1.82, 2.24) is 0 Å². The molecule has 0 radical (unpaired) electrons. The molecule has 118 valence electrons. The van der Waals surface area contributed by atoms with Gasteiger partial charge in [-0.3, -0.25) is 0 Å². The van der Waals surface area contributed by atoms with Gasteiger partial charge in [-0.15, -0.1) is 0 Å². The molecule has 0 aliphatic heterocycles. The maximum atomic E-state index is 12.3. The summed E-state index contributed by atoms with van der Waals surface area (Å²) < 4.78 is 11.8. The summed E-state index contributed by atoms with van der Waals surface area (Å²) in [6, 6.07) is 9.14. The number of fused-ring (bicyclic) bond motifs is 1. The molecule has 1 heterocycles. The number of benzene rings is 2. The van der Waals surface area contributed by atoms with E-state index < -0.39 is 11.2 Å². The van der Waals surface area contributed by atoms with Crippen LogP contribution in [0.15, 0.2) is 45.6 Å². The second-order valence-corrected chi connectivity index (χ2v) is 6.94. The molecule has 7 heteroatoms. The van der Waals surface area contributed by atoms with Gasteiger partial charge in [-0.2, -0.15) is 0 Å². The number of rotatable bonds is 3. The number of phenols is 3. The van der Waals surface area contributed by atoms with Crippen LogP contribution >= 0.6 is 0 Å². The van der Waals surface area contributed by atoms with Crippen molar-refractivity contribution in [3.8, 4) is 23.0 Å². The van der Waals surface area contributed by atoms with Crippen molar-refractivity contribution in [1.29, 1.82) is 0 Å². The Morgan fingerprint density at radius 3 is 2.43 bits per heavy atom. The molecule has 23 heavy (non-hydrogen) atoms. The van der Waals surface area contributed by atoms with E-state index in [0.717, 1.165) is 4.46 Å². The standard InChI is InChI=1S/C16H12O6Se/c1-21-16-11(19)6-12-14(15(16)20)10(18)7-13(22-12)23-9-4-2-8(17)3-5-9/h2-7,17,19-20H,1H3. The van der Waals surface area contributed by atoms with Gasteiger partial charge in [0.2, 0.25) is 0 Å². The molecule has 3 N–H and O–H groups in total. The molecule has 3 rings (SSSR count). The second-order valence-electron chi connectivity index (χ2n) is 4.68. The molecule has 0 aliphatic rings. The van der Waals surface area contributed by atoms with Gasteiger partial charge in [0.1, 0.15) is 0 Å². The molecule has 0 saturated carbocycles. The van der Waals surface area contributed by atoms with E-state index in [-0.39, 0.29) is 43.2 Å². The quantitative estimate of drug-likeness (QED) is 0.576. The van der Waals surface area contributed by atoms with Crippen LogP contribution in [0.2, 0.25) is 0 Å². The molecule has 3 aromatic rings. The zero-order chi connectivity index (χ0) is 16.6. The number of methoxy groups -OCH3 is 1. The van der Waals surface area contributed by atoms with Crippen molar-refractivity contribution in [2.24, 2.45) is 0 Å². The number of phenolic OH excluding ortho intramolecular Hbond substituents is 3. The summed E-state index contributed by atoms with van der Waals surface area (Å²) >= 11 is -0.299. The molecule has 2 aromatic carbocycles. The Balaban J connectivity index is 2.11. The minimum absolute atomic E-state index is 0.0371. The molecular formula is C16H12O6Se. The van der Waals surface area contributed by atoms with Crippen LogP contribution in [0.5, 0.6) is 23.0 Å². The third-order valence-electron chi connectivity index (χ3n) is 3.16. The first-order valence-electron chi connectivity index (χ1n) is 6.53. The van der Waals surface area contributed by atoms with Crippen LogP contribution in [0.3, 0.4) is 0 Å². The monoisotopic (exact) mass is 380 g/mol. The first-order valence-corrected chi connectivity index (χ1v) is 8.24. The van der Waals surface area contributed by atoms with Crippen molar-refractivity contribution < 1.29 is 24.5 Å². The fourth-order valence-electron chi connectivity index (χ4n) is 2.13. The van der Waals surface area contributed by atoms with Crippen LogP contribution in [-0.4, -0.2) is 37.4 Å². The van der Waals surface area contributed by atoms with Gasteiger partial charge in [-0.25, -0.2) is 0 Å². The van der Waals surface area contributed by atoms with Crippen molar-refractivity contribution in [2.45, 2.75) is 0 Å². The van der Waals surface area contributed by atoms with Crippen LogP contribution < -0.4 is 19.3 Å². The number of hydrogen-bond donors (Lipinski definition) is 3. The Bertz CT molecular complexity index is 930. The summed E-state index contributed by atoms with van der Waals surface area (Å²) in [6.07, 6.45) is 0. The van der Waals surface area contributed by atoms with Crippen LogP contribution in [0.25, 0.3) is 11.0 Å². The fourth-order valence-corrected chi connectivity index (χ4v) is 3.81. The molecule has 0 spiro atoms. The van der Waals surface area contributed by atoms with Gasteiger partial charge in [0, 0.05) is 0 Å². The van der Waals surface area contributed by atoms with Crippen LogP contribution in [-0.2, 0) is 0 Å². The zero-order valence-electron chi connectivity index (χ0n) is 11.9. The van der Waals surface area contributed by atoms with Crippen molar-refractivity contribution in [3.05, 3.63) is 46.6 Å². The van der Waals surface area contributed by atoms with E-state index in [1.165, 1.54) is 19.2 Å². The molecule has 0 saturated heterocycles. The average molecular weight is 379 g/mol. The van der Waals surface area contributed by atoms with E-state index in [1.54, 1.807) is 24.3 Å². The van der Waals surface area contributed by atoms with E-state index in [0.29, 0.717) is 4.66 Å². The van der Waals surface area contributed by atoms with Gasteiger partial charge in [0.25, 0.3) is 0 Å². The zero-order valence-corrected chi connectivity index (χ0v) is 13.7. The van der Waals surface area contributed by atoms with E-state index in [2.05, 4.69) is 0 Å². The summed E-state index contributed by atoms with van der Waals surface area (Å²) in [5.74, 6) is -0.761. The third-order valence-corrected chi connectivity index (χ3v) is 5.07. The normalized spacial score (nSPS) is 10.8. The van der Waals surface area contributed by atoms with Crippen LogP contribution in [0.4, 0.5) is 0 Å². The average Bonchev–Trinajstić information content (AvgIpc) is 2.49. The molecule has 0 amide bonds. The van der Waals surface area contributed by atoms with Crippen LogP contribution in [0.1, 0.15) is 0 Å². The Morgan fingerprint density at radius 2 is 1.78 bits per heavy atom. The van der Waals surface area contributed by atoms with Crippen molar-refractivity contribution in [2.75, 3.05) is 7.11 Å². The topological polar surface area (TPSA) is 100 Å².